The number of halogens is 3. The van der Waals surface area contributed by atoms with Gasteiger partial charge in [-0.05, 0) is 54.9 Å². The van der Waals surface area contributed by atoms with E-state index in [-0.39, 0.29) is 6.04 Å². The molecule has 0 aromatic heterocycles. The average Bonchev–Trinajstić information content (AvgIpc) is 2.34. The van der Waals surface area contributed by atoms with Gasteiger partial charge in [-0.3, -0.25) is 0 Å². The van der Waals surface area contributed by atoms with Crippen molar-refractivity contribution in [3.8, 4) is 0 Å². The van der Waals surface area contributed by atoms with E-state index >= 15 is 0 Å². The van der Waals surface area contributed by atoms with Crippen molar-refractivity contribution in [3.05, 3.63) is 67.6 Å². The predicted molar refractivity (Wildman–Crippen MR) is 86.2 cm³/mol. The van der Waals surface area contributed by atoms with Crippen LogP contribution in [-0.2, 0) is 0 Å². The molecular formula is C15H14BrCl2N. The monoisotopic (exact) mass is 357 g/mol. The van der Waals surface area contributed by atoms with Crippen LogP contribution in [0.5, 0.6) is 0 Å². The van der Waals surface area contributed by atoms with Gasteiger partial charge in [0.2, 0.25) is 0 Å². The van der Waals surface area contributed by atoms with E-state index in [0.717, 1.165) is 10.0 Å². The average molecular weight is 359 g/mol. The van der Waals surface area contributed by atoms with E-state index in [4.69, 9.17) is 23.2 Å². The Morgan fingerprint density at radius 2 is 1.74 bits per heavy atom. The fourth-order valence-electron chi connectivity index (χ4n) is 2.18. The molecule has 0 aliphatic rings. The van der Waals surface area contributed by atoms with Crippen LogP contribution < -0.4 is 5.32 Å². The molecule has 0 amide bonds. The molecular weight excluding hydrogens is 345 g/mol. The van der Waals surface area contributed by atoms with Gasteiger partial charge < -0.3 is 5.32 Å². The van der Waals surface area contributed by atoms with Crippen LogP contribution in [0.25, 0.3) is 0 Å². The number of hydrogen-bond acceptors (Lipinski definition) is 1. The number of rotatable bonds is 3. The highest BCUT2D eigenvalue weighted by Gasteiger charge is 2.17. The molecule has 0 fully saturated rings. The topological polar surface area (TPSA) is 12.0 Å². The first kappa shape index (κ1) is 14.9. The van der Waals surface area contributed by atoms with E-state index in [1.54, 1.807) is 6.07 Å². The molecule has 2 rings (SSSR count). The minimum Gasteiger partial charge on any atom is -0.309 e. The normalized spacial score (nSPS) is 12.5. The predicted octanol–water partition coefficient (Wildman–Crippen LogP) is 5.37. The lowest BCUT2D eigenvalue weighted by atomic mass is 9.95. The highest BCUT2D eigenvalue weighted by atomic mass is 79.9. The van der Waals surface area contributed by atoms with Crippen molar-refractivity contribution >= 4 is 39.1 Å². The third kappa shape index (κ3) is 3.32. The van der Waals surface area contributed by atoms with Crippen molar-refractivity contribution in [2.75, 3.05) is 7.05 Å². The van der Waals surface area contributed by atoms with Crippen molar-refractivity contribution in [1.82, 2.24) is 5.32 Å². The Kier molecular flexibility index (Phi) is 4.91. The Bertz CT molecular complexity index is 547. The van der Waals surface area contributed by atoms with Gasteiger partial charge in [-0.25, -0.2) is 0 Å². The molecule has 1 N–H and O–H groups in total. The number of hydrogen-bond donors (Lipinski definition) is 1. The molecule has 100 valence electrons. The van der Waals surface area contributed by atoms with E-state index in [9.17, 15) is 0 Å². The first-order valence-electron chi connectivity index (χ1n) is 5.91. The maximum atomic E-state index is 6.30. The van der Waals surface area contributed by atoms with Gasteiger partial charge in [0.15, 0.2) is 0 Å². The van der Waals surface area contributed by atoms with Crippen molar-refractivity contribution in [1.29, 1.82) is 0 Å². The standard InChI is InChI=1S/C15H14BrCl2N/c1-9-7-10(16)3-5-12(9)15(19-2)13-6-4-11(17)8-14(13)18/h3-8,15,19H,1-2H3. The van der Waals surface area contributed by atoms with E-state index in [1.807, 2.05) is 25.2 Å². The van der Waals surface area contributed by atoms with Gasteiger partial charge in [0.05, 0.1) is 6.04 Å². The zero-order chi connectivity index (χ0) is 14.0. The summed E-state index contributed by atoms with van der Waals surface area (Å²) in [5.41, 5.74) is 3.44. The smallest absolute Gasteiger partial charge is 0.0591 e. The Balaban J connectivity index is 2.50. The summed E-state index contributed by atoms with van der Waals surface area (Å²) in [5.74, 6) is 0. The molecule has 1 nitrogen and oxygen atoms in total. The minimum absolute atomic E-state index is 0.0536. The molecule has 1 atom stereocenters. The second-order valence-electron chi connectivity index (χ2n) is 4.39. The molecule has 2 aromatic carbocycles. The zero-order valence-corrected chi connectivity index (χ0v) is 13.8. The highest BCUT2D eigenvalue weighted by molar-refractivity contribution is 9.10. The van der Waals surface area contributed by atoms with Crippen LogP contribution in [0.15, 0.2) is 40.9 Å². The first-order chi connectivity index (χ1) is 9.02. The molecule has 1 unspecified atom stereocenters. The van der Waals surface area contributed by atoms with Gasteiger partial charge in [-0.1, -0.05) is 51.3 Å². The van der Waals surface area contributed by atoms with Crippen molar-refractivity contribution in [3.63, 3.8) is 0 Å². The molecule has 2 aromatic rings. The first-order valence-corrected chi connectivity index (χ1v) is 7.46. The molecule has 0 radical (unpaired) electrons. The summed E-state index contributed by atoms with van der Waals surface area (Å²) in [6, 6.07) is 11.9. The maximum absolute atomic E-state index is 6.30. The summed E-state index contributed by atoms with van der Waals surface area (Å²) in [4.78, 5) is 0. The summed E-state index contributed by atoms with van der Waals surface area (Å²) < 4.78 is 1.07. The van der Waals surface area contributed by atoms with Crippen molar-refractivity contribution < 1.29 is 0 Å². The maximum Gasteiger partial charge on any atom is 0.0591 e. The summed E-state index contributed by atoms with van der Waals surface area (Å²) in [7, 11) is 1.93. The minimum atomic E-state index is 0.0536. The summed E-state index contributed by atoms with van der Waals surface area (Å²) in [6.07, 6.45) is 0. The van der Waals surface area contributed by atoms with E-state index in [1.165, 1.54) is 11.1 Å². The molecule has 0 saturated carbocycles. The summed E-state index contributed by atoms with van der Waals surface area (Å²) in [5, 5.41) is 4.64. The third-order valence-corrected chi connectivity index (χ3v) is 4.16. The van der Waals surface area contributed by atoms with Crippen LogP contribution in [0.3, 0.4) is 0 Å². The molecule has 0 heterocycles. The zero-order valence-electron chi connectivity index (χ0n) is 10.7. The van der Waals surface area contributed by atoms with Crippen LogP contribution >= 0.6 is 39.1 Å². The lowest BCUT2D eigenvalue weighted by Crippen LogP contribution is -2.19. The molecule has 19 heavy (non-hydrogen) atoms. The molecule has 4 heteroatoms. The molecule has 0 aliphatic heterocycles. The Labute approximate surface area is 132 Å². The van der Waals surface area contributed by atoms with Gasteiger partial charge in [-0.2, -0.15) is 0 Å². The van der Waals surface area contributed by atoms with Crippen LogP contribution in [0.4, 0.5) is 0 Å². The van der Waals surface area contributed by atoms with Crippen molar-refractivity contribution in [2.24, 2.45) is 0 Å². The van der Waals surface area contributed by atoms with E-state index in [2.05, 4.69) is 40.3 Å². The fourth-order valence-corrected chi connectivity index (χ4v) is 3.17. The van der Waals surface area contributed by atoms with Gasteiger partial charge >= 0.3 is 0 Å². The number of nitrogens with one attached hydrogen (secondary N) is 1. The molecule has 0 aliphatic carbocycles. The molecule has 0 spiro atoms. The number of aryl methyl sites for hydroxylation is 1. The van der Waals surface area contributed by atoms with Crippen molar-refractivity contribution in [2.45, 2.75) is 13.0 Å². The lowest BCUT2D eigenvalue weighted by molar-refractivity contribution is 0.687. The van der Waals surface area contributed by atoms with E-state index < -0.39 is 0 Å². The van der Waals surface area contributed by atoms with Crippen LogP contribution in [0.2, 0.25) is 10.0 Å². The van der Waals surface area contributed by atoms with Crippen LogP contribution in [-0.4, -0.2) is 7.05 Å². The highest BCUT2D eigenvalue weighted by Crippen LogP contribution is 2.32. The summed E-state index contributed by atoms with van der Waals surface area (Å²) >= 11 is 15.7. The van der Waals surface area contributed by atoms with Gasteiger partial charge in [-0.15, -0.1) is 0 Å². The van der Waals surface area contributed by atoms with Crippen LogP contribution in [0, 0.1) is 6.92 Å². The quantitative estimate of drug-likeness (QED) is 0.777. The van der Waals surface area contributed by atoms with Gasteiger partial charge in [0, 0.05) is 14.5 Å². The fraction of sp³-hybridized carbons (Fsp3) is 0.200. The van der Waals surface area contributed by atoms with Crippen LogP contribution in [0.1, 0.15) is 22.7 Å². The van der Waals surface area contributed by atoms with Gasteiger partial charge in [0.1, 0.15) is 0 Å². The van der Waals surface area contributed by atoms with Gasteiger partial charge in [0.25, 0.3) is 0 Å². The second kappa shape index (κ2) is 6.27. The summed E-state index contributed by atoms with van der Waals surface area (Å²) in [6.45, 7) is 2.09. The largest absolute Gasteiger partial charge is 0.309 e. The second-order valence-corrected chi connectivity index (χ2v) is 6.15. The third-order valence-electron chi connectivity index (χ3n) is 3.11. The lowest BCUT2D eigenvalue weighted by Gasteiger charge is -2.21. The molecule has 0 bridgehead atoms. The Morgan fingerprint density at radius 1 is 1.05 bits per heavy atom. The Hall–Kier alpha value is -0.540. The van der Waals surface area contributed by atoms with E-state index in [0.29, 0.717) is 10.0 Å². The SMILES string of the molecule is CNC(c1ccc(Br)cc1C)c1ccc(Cl)cc1Cl. The molecule has 0 saturated heterocycles. The number of benzene rings is 2. The Morgan fingerprint density at radius 3 is 2.32 bits per heavy atom.